The van der Waals surface area contributed by atoms with Crippen LogP contribution in [0.4, 0.5) is 5.82 Å². The van der Waals surface area contributed by atoms with Gasteiger partial charge in [0.15, 0.2) is 0 Å². The number of nitrogens with one attached hydrogen (secondary N) is 1. The molecule has 20 heavy (non-hydrogen) atoms. The van der Waals surface area contributed by atoms with Crippen molar-refractivity contribution in [3.63, 3.8) is 0 Å². The Labute approximate surface area is 121 Å². The fraction of sp³-hybridized carbons (Fsp3) is 0.786. The quantitative estimate of drug-likeness (QED) is 0.778. The van der Waals surface area contributed by atoms with Gasteiger partial charge in [0.2, 0.25) is 0 Å². The van der Waals surface area contributed by atoms with Gasteiger partial charge in [-0.1, -0.05) is 0 Å². The SMILES string of the molecule is COCCNCc1c(C)nn(C)c1N1CCCOCC1. The minimum absolute atomic E-state index is 0.728. The molecule has 1 aliphatic heterocycles. The van der Waals surface area contributed by atoms with Crippen LogP contribution in [0.5, 0.6) is 0 Å². The molecule has 0 spiro atoms. The maximum Gasteiger partial charge on any atom is 0.131 e. The first-order chi connectivity index (χ1) is 9.74. The van der Waals surface area contributed by atoms with Crippen molar-refractivity contribution in [3.8, 4) is 0 Å². The third-order valence-electron chi connectivity index (χ3n) is 3.62. The summed E-state index contributed by atoms with van der Waals surface area (Å²) in [5, 5.41) is 7.99. The summed E-state index contributed by atoms with van der Waals surface area (Å²) in [6, 6.07) is 0. The largest absolute Gasteiger partial charge is 0.383 e. The van der Waals surface area contributed by atoms with Crippen molar-refractivity contribution in [1.82, 2.24) is 15.1 Å². The van der Waals surface area contributed by atoms with Crippen LogP contribution in [0.3, 0.4) is 0 Å². The molecule has 114 valence electrons. The van der Waals surface area contributed by atoms with E-state index in [1.807, 2.05) is 11.7 Å². The molecule has 1 N–H and O–H groups in total. The van der Waals surface area contributed by atoms with Crippen molar-refractivity contribution in [1.29, 1.82) is 0 Å². The Morgan fingerprint density at radius 3 is 3.00 bits per heavy atom. The van der Waals surface area contributed by atoms with Crippen LogP contribution in [-0.2, 0) is 23.1 Å². The van der Waals surface area contributed by atoms with Gasteiger partial charge in [0.25, 0.3) is 0 Å². The maximum atomic E-state index is 5.54. The van der Waals surface area contributed by atoms with Gasteiger partial charge in [-0.15, -0.1) is 0 Å². The zero-order valence-electron chi connectivity index (χ0n) is 12.8. The lowest BCUT2D eigenvalue weighted by Crippen LogP contribution is -2.30. The minimum Gasteiger partial charge on any atom is -0.383 e. The van der Waals surface area contributed by atoms with E-state index in [9.17, 15) is 0 Å². The van der Waals surface area contributed by atoms with Crippen LogP contribution in [0.1, 0.15) is 17.7 Å². The number of ether oxygens (including phenoxy) is 2. The zero-order chi connectivity index (χ0) is 14.4. The second kappa shape index (κ2) is 7.61. The number of nitrogens with zero attached hydrogens (tertiary/aromatic N) is 3. The Morgan fingerprint density at radius 1 is 1.35 bits per heavy atom. The van der Waals surface area contributed by atoms with Crippen LogP contribution in [0, 0.1) is 6.92 Å². The molecule has 0 aliphatic carbocycles. The van der Waals surface area contributed by atoms with Gasteiger partial charge in [0.1, 0.15) is 5.82 Å². The van der Waals surface area contributed by atoms with Crippen LogP contribution < -0.4 is 10.2 Å². The molecule has 6 nitrogen and oxygen atoms in total. The Hall–Kier alpha value is -1.11. The Bertz CT molecular complexity index is 412. The topological polar surface area (TPSA) is 51.5 Å². The van der Waals surface area contributed by atoms with E-state index in [0.29, 0.717) is 0 Å². The van der Waals surface area contributed by atoms with E-state index in [2.05, 4.69) is 22.2 Å². The van der Waals surface area contributed by atoms with E-state index in [4.69, 9.17) is 9.47 Å². The smallest absolute Gasteiger partial charge is 0.131 e. The van der Waals surface area contributed by atoms with E-state index in [0.717, 1.165) is 58.1 Å². The van der Waals surface area contributed by atoms with Crippen molar-refractivity contribution < 1.29 is 9.47 Å². The van der Waals surface area contributed by atoms with Gasteiger partial charge in [-0.25, -0.2) is 0 Å². The Balaban J connectivity index is 2.09. The van der Waals surface area contributed by atoms with E-state index in [1.165, 1.54) is 11.4 Å². The van der Waals surface area contributed by atoms with E-state index >= 15 is 0 Å². The second-order valence-corrected chi connectivity index (χ2v) is 5.13. The lowest BCUT2D eigenvalue weighted by Gasteiger charge is -2.23. The highest BCUT2D eigenvalue weighted by Crippen LogP contribution is 2.24. The molecule has 0 bridgehead atoms. The fourth-order valence-electron chi connectivity index (χ4n) is 2.64. The molecular formula is C14H26N4O2. The lowest BCUT2D eigenvalue weighted by atomic mass is 10.2. The highest BCUT2D eigenvalue weighted by atomic mass is 16.5. The van der Waals surface area contributed by atoms with Crippen molar-refractivity contribution >= 4 is 5.82 Å². The molecule has 0 aromatic carbocycles. The molecule has 0 atom stereocenters. The third kappa shape index (κ3) is 3.71. The van der Waals surface area contributed by atoms with Crippen molar-refractivity contribution in [2.45, 2.75) is 19.9 Å². The van der Waals surface area contributed by atoms with E-state index < -0.39 is 0 Å². The third-order valence-corrected chi connectivity index (χ3v) is 3.62. The molecule has 1 aromatic heterocycles. The summed E-state index contributed by atoms with van der Waals surface area (Å²) in [5.41, 5.74) is 2.38. The molecule has 1 aliphatic rings. The summed E-state index contributed by atoms with van der Waals surface area (Å²) in [4.78, 5) is 2.39. The minimum atomic E-state index is 0.728. The maximum absolute atomic E-state index is 5.54. The Kier molecular flexibility index (Phi) is 5.82. The average Bonchev–Trinajstić information content (AvgIpc) is 2.63. The van der Waals surface area contributed by atoms with Gasteiger partial charge >= 0.3 is 0 Å². The van der Waals surface area contributed by atoms with Crippen molar-refractivity contribution in [2.24, 2.45) is 7.05 Å². The van der Waals surface area contributed by atoms with Crippen LogP contribution in [0.15, 0.2) is 0 Å². The van der Waals surface area contributed by atoms with Crippen LogP contribution in [0.2, 0.25) is 0 Å². The molecule has 6 heteroatoms. The van der Waals surface area contributed by atoms with Gasteiger partial charge in [-0.2, -0.15) is 5.10 Å². The van der Waals surface area contributed by atoms with Crippen molar-refractivity contribution in [3.05, 3.63) is 11.3 Å². The summed E-state index contributed by atoms with van der Waals surface area (Å²) in [6.45, 7) is 8.10. The monoisotopic (exact) mass is 282 g/mol. The number of methoxy groups -OCH3 is 1. The first kappa shape index (κ1) is 15.3. The number of aryl methyl sites for hydroxylation is 2. The number of anilines is 1. The molecule has 0 radical (unpaired) electrons. The standard InChI is InChI=1S/C14H26N4O2/c1-12-13(11-15-5-9-19-3)14(17(2)16-12)18-6-4-8-20-10-7-18/h15H,4-11H2,1-3H3. The van der Waals surface area contributed by atoms with Crippen LogP contribution in [-0.4, -0.2) is 56.3 Å². The fourth-order valence-corrected chi connectivity index (χ4v) is 2.64. The molecule has 1 aromatic rings. The summed E-state index contributed by atoms with van der Waals surface area (Å²) in [7, 11) is 3.74. The van der Waals surface area contributed by atoms with Gasteiger partial charge in [-0.3, -0.25) is 4.68 Å². The van der Waals surface area contributed by atoms with Crippen molar-refractivity contribution in [2.75, 3.05) is 51.5 Å². The summed E-state index contributed by atoms with van der Waals surface area (Å²) in [6.07, 6.45) is 1.07. The number of hydrogen-bond donors (Lipinski definition) is 1. The van der Waals surface area contributed by atoms with Crippen LogP contribution >= 0.6 is 0 Å². The van der Waals surface area contributed by atoms with Gasteiger partial charge < -0.3 is 19.7 Å². The predicted molar refractivity (Wildman–Crippen MR) is 79.2 cm³/mol. The summed E-state index contributed by atoms with van der Waals surface area (Å²) >= 11 is 0. The second-order valence-electron chi connectivity index (χ2n) is 5.13. The normalized spacial score (nSPS) is 16.4. The lowest BCUT2D eigenvalue weighted by molar-refractivity contribution is 0.152. The highest BCUT2D eigenvalue weighted by molar-refractivity contribution is 5.50. The molecule has 1 saturated heterocycles. The Morgan fingerprint density at radius 2 is 2.20 bits per heavy atom. The number of rotatable bonds is 6. The van der Waals surface area contributed by atoms with Crippen LogP contribution in [0.25, 0.3) is 0 Å². The summed E-state index contributed by atoms with van der Waals surface area (Å²) in [5.74, 6) is 1.22. The molecular weight excluding hydrogens is 256 g/mol. The number of hydrogen-bond acceptors (Lipinski definition) is 5. The molecule has 0 unspecified atom stereocenters. The predicted octanol–water partition coefficient (Wildman–Crippen LogP) is 0.691. The molecule has 2 rings (SSSR count). The van der Waals surface area contributed by atoms with Gasteiger partial charge in [0, 0.05) is 52.5 Å². The first-order valence-electron chi connectivity index (χ1n) is 7.29. The average molecular weight is 282 g/mol. The molecule has 2 heterocycles. The zero-order valence-corrected chi connectivity index (χ0v) is 12.8. The molecule has 1 fully saturated rings. The first-order valence-corrected chi connectivity index (χ1v) is 7.29. The van der Waals surface area contributed by atoms with E-state index in [1.54, 1.807) is 7.11 Å². The highest BCUT2D eigenvalue weighted by Gasteiger charge is 2.20. The number of aromatic nitrogens is 2. The van der Waals surface area contributed by atoms with E-state index in [-0.39, 0.29) is 0 Å². The molecule has 0 amide bonds. The molecule has 0 saturated carbocycles. The summed E-state index contributed by atoms with van der Waals surface area (Å²) < 4.78 is 12.6. The van der Waals surface area contributed by atoms with Gasteiger partial charge in [0.05, 0.1) is 18.9 Å². The van der Waals surface area contributed by atoms with Gasteiger partial charge in [-0.05, 0) is 13.3 Å².